The third-order valence-corrected chi connectivity index (χ3v) is 2.53. The van der Waals surface area contributed by atoms with Gasteiger partial charge in [-0.15, -0.1) is 0 Å². The second kappa shape index (κ2) is 5.77. The van der Waals surface area contributed by atoms with Gasteiger partial charge in [-0.1, -0.05) is 0 Å². The molecule has 0 atom stereocenters. The SMILES string of the molecule is C/C(=N/NC(=O)c1cccnc1)c1ccc(O)cc1. The first-order chi connectivity index (χ1) is 9.16. The topological polar surface area (TPSA) is 74.6 Å². The molecule has 1 aromatic heterocycles. The van der Waals surface area contributed by atoms with Gasteiger partial charge in [0, 0.05) is 12.4 Å². The number of hydrogen-bond acceptors (Lipinski definition) is 4. The van der Waals surface area contributed by atoms with Gasteiger partial charge in [0.15, 0.2) is 0 Å². The number of hydrazone groups is 1. The summed E-state index contributed by atoms with van der Waals surface area (Å²) < 4.78 is 0. The van der Waals surface area contributed by atoms with Crippen LogP contribution in [0.4, 0.5) is 0 Å². The van der Waals surface area contributed by atoms with E-state index in [1.54, 1.807) is 49.5 Å². The maximum Gasteiger partial charge on any atom is 0.272 e. The Hall–Kier alpha value is -2.69. The summed E-state index contributed by atoms with van der Waals surface area (Å²) in [7, 11) is 0. The average Bonchev–Trinajstić information content (AvgIpc) is 2.46. The number of benzene rings is 1. The lowest BCUT2D eigenvalue weighted by atomic mass is 10.1. The van der Waals surface area contributed by atoms with Gasteiger partial charge in [0.1, 0.15) is 5.75 Å². The molecule has 1 heterocycles. The van der Waals surface area contributed by atoms with E-state index >= 15 is 0 Å². The number of aromatic hydroxyl groups is 1. The lowest BCUT2D eigenvalue weighted by Crippen LogP contribution is -2.19. The van der Waals surface area contributed by atoms with Crippen LogP contribution in [0.1, 0.15) is 22.8 Å². The fraction of sp³-hybridized carbons (Fsp3) is 0.0714. The highest BCUT2D eigenvalue weighted by molar-refractivity contribution is 6.00. The first-order valence-corrected chi connectivity index (χ1v) is 5.71. The van der Waals surface area contributed by atoms with Crippen molar-refractivity contribution < 1.29 is 9.90 Å². The quantitative estimate of drug-likeness (QED) is 0.650. The van der Waals surface area contributed by atoms with Crippen molar-refractivity contribution in [2.75, 3.05) is 0 Å². The fourth-order valence-corrected chi connectivity index (χ4v) is 1.46. The van der Waals surface area contributed by atoms with Crippen molar-refractivity contribution in [2.45, 2.75) is 6.92 Å². The van der Waals surface area contributed by atoms with Crippen molar-refractivity contribution in [3.63, 3.8) is 0 Å². The normalized spacial score (nSPS) is 11.1. The number of rotatable bonds is 3. The van der Waals surface area contributed by atoms with E-state index in [4.69, 9.17) is 0 Å². The number of carbonyl (C=O) groups is 1. The van der Waals surface area contributed by atoms with Crippen molar-refractivity contribution in [3.8, 4) is 5.75 Å². The number of nitrogens with zero attached hydrogens (tertiary/aromatic N) is 2. The zero-order valence-electron chi connectivity index (χ0n) is 10.4. The van der Waals surface area contributed by atoms with Gasteiger partial charge in [0.2, 0.25) is 0 Å². The molecule has 0 spiro atoms. The summed E-state index contributed by atoms with van der Waals surface area (Å²) >= 11 is 0. The first-order valence-electron chi connectivity index (χ1n) is 5.71. The van der Waals surface area contributed by atoms with Crippen LogP contribution in [0, 0.1) is 0 Å². The summed E-state index contributed by atoms with van der Waals surface area (Å²) in [5.74, 6) is -0.123. The molecular formula is C14H13N3O2. The Morgan fingerprint density at radius 3 is 2.58 bits per heavy atom. The van der Waals surface area contributed by atoms with E-state index in [0.29, 0.717) is 11.3 Å². The molecule has 0 aliphatic carbocycles. The molecule has 0 fully saturated rings. The number of carbonyl (C=O) groups excluding carboxylic acids is 1. The van der Waals surface area contributed by atoms with Gasteiger partial charge in [-0.25, -0.2) is 5.43 Å². The zero-order chi connectivity index (χ0) is 13.7. The fourth-order valence-electron chi connectivity index (χ4n) is 1.46. The van der Waals surface area contributed by atoms with Crippen molar-refractivity contribution in [1.29, 1.82) is 0 Å². The highest BCUT2D eigenvalue weighted by Crippen LogP contribution is 2.10. The summed E-state index contributed by atoms with van der Waals surface area (Å²) in [5.41, 5.74) is 4.38. The minimum Gasteiger partial charge on any atom is -0.508 e. The minimum atomic E-state index is -0.314. The molecule has 0 saturated heterocycles. The van der Waals surface area contributed by atoms with Crippen molar-refractivity contribution in [3.05, 3.63) is 59.9 Å². The van der Waals surface area contributed by atoms with Crippen molar-refractivity contribution in [2.24, 2.45) is 5.10 Å². The van der Waals surface area contributed by atoms with Crippen LogP contribution in [0.2, 0.25) is 0 Å². The summed E-state index contributed by atoms with van der Waals surface area (Å²) in [6.07, 6.45) is 3.07. The molecule has 1 amide bonds. The Balaban J connectivity index is 2.06. The van der Waals surface area contributed by atoms with Crippen LogP contribution in [0.5, 0.6) is 5.75 Å². The lowest BCUT2D eigenvalue weighted by Gasteiger charge is -2.03. The number of nitrogens with one attached hydrogen (secondary N) is 1. The Kier molecular flexibility index (Phi) is 3.87. The maximum absolute atomic E-state index is 11.7. The van der Waals surface area contributed by atoms with E-state index in [1.165, 1.54) is 6.20 Å². The van der Waals surface area contributed by atoms with E-state index in [1.807, 2.05) is 0 Å². The Labute approximate surface area is 110 Å². The average molecular weight is 255 g/mol. The van der Waals surface area contributed by atoms with Crippen LogP contribution in [-0.2, 0) is 0 Å². The van der Waals surface area contributed by atoms with Crippen LogP contribution in [0.3, 0.4) is 0 Å². The highest BCUT2D eigenvalue weighted by atomic mass is 16.3. The third-order valence-electron chi connectivity index (χ3n) is 2.53. The summed E-state index contributed by atoms with van der Waals surface area (Å²) in [6, 6.07) is 9.93. The molecule has 0 unspecified atom stereocenters. The van der Waals surface area contributed by atoms with Crippen molar-refractivity contribution in [1.82, 2.24) is 10.4 Å². The lowest BCUT2D eigenvalue weighted by molar-refractivity contribution is 0.0954. The minimum absolute atomic E-state index is 0.191. The molecule has 0 aliphatic rings. The zero-order valence-corrected chi connectivity index (χ0v) is 10.4. The molecular weight excluding hydrogens is 242 g/mol. The van der Waals surface area contributed by atoms with Crippen LogP contribution in [0.25, 0.3) is 0 Å². The van der Waals surface area contributed by atoms with Crippen molar-refractivity contribution >= 4 is 11.6 Å². The molecule has 2 N–H and O–H groups in total. The monoisotopic (exact) mass is 255 g/mol. The van der Waals surface area contributed by atoms with Gasteiger partial charge in [-0.2, -0.15) is 5.10 Å². The molecule has 5 heteroatoms. The van der Waals surface area contributed by atoms with E-state index in [9.17, 15) is 9.90 Å². The molecule has 0 bridgehead atoms. The number of aromatic nitrogens is 1. The number of phenolic OH excluding ortho intramolecular Hbond substituents is 1. The summed E-state index contributed by atoms with van der Waals surface area (Å²) in [5, 5.41) is 13.2. The molecule has 1 aromatic carbocycles. The number of pyridine rings is 1. The van der Waals surface area contributed by atoms with E-state index in [-0.39, 0.29) is 11.7 Å². The van der Waals surface area contributed by atoms with Crippen LogP contribution < -0.4 is 5.43 Å². The van der Waals surface area contributed by atoms with Gasteiger partial charge >= 0.3 is 0 Å². The molecule has 0 saturated carbocycles. The highest BCUT2D eigenvalue weighted by Gasteiger charge is 2.04. The standard InChI is InChI=1S/C14H13N3O2/c1-10(11-4-6-13(18)7-5-11)16-17-14(19)12-3-2-8-15-9-12/h2-9,18H,1H3,(H,17,19)/b16-10-. The molecule has 0 radical (unpaired) electrons. The van der Waals surface area contributed by atoms with E-state index in [0.717, 1.165) is 5.56 Å². The Bertz CT molecular complexity index is 592. The van der Waals surface area contributed by atoms with Gasteiger partial charge in [0.25, 0.3) is 5.91 Å². The van der Waals surface area contributed by atoms with Gasteiger partial charge in [-0.05, 0) is 48.9 Å². The smallest absolute Gasteiger partial charge is 0.272 e. The second-order valence-corrected chi connectivity index (χ2v) is 3.93. The maximum atomic E-state index is 11.7. The number of phenols is 1. The van der Waals surface area contributed by atoms with Crippen LogP contribution >= 0.6 is 0 Å². The number of hydrogen-bond donors (Lipinski definition) is 2. The number of amides is 1. The largest absolute Gasteiger partial charge is 0.508 e. The molecule has 96 valence electrons. The third kappa shape index (κ3) is 3.38. The molecule has 2 aromatic rings. The van der Waals surface area contributed by atoms with E-state index in [2.05, 4.69) is 15.5 Å². The molecule has 19 heavy (non-hydrogen) atoms. The van der Waals surface area contributed by atoms with Gasteiger partial charge in [0.05, 0.1) is 11.3 Å². The van der Waals surface area contributed by atoms with Gasteiger partial charge in [-0.3, -0.25) is 9.78 Å². The molecule has 0 aliphatic heterocycles. The van der Waals surface area contributed by atoms with Crippen LogP contribution in [0.15, 0.2) is 53.9 Å². The Morgan fingerprint density at radius 1 is 1.21 bits per heavy atom. The van der Waals surface area contributed by atoms with E-state index < -0.39 is 0 Å². The summed E-state index contributed by atoms with van der Waals surface area (Å²) in [6.45, 7) is 1.77. The second-order valence-electron chi connectivity index (χ2n) is 3.93. The first kappa shape index (κ1) is 12.8. The van der Waals surface area contributed by atoms with Gasteiger partial charge < -0.3 is 5.11 Å². The molecule has 5 nitrogen and oxygen atoms in total. The molecule has 2 rings (SSSR count). The van der Waals surface area contributed by atoms with Crippen LogP contribution in [-0.4, -0.2) is 21.7 Å². The predicted octanol–water partition coefficient (Wildman–Crippen LogP) is 1.94. The summed E-state index contributed by atoms with van der Waals surface area (Å²) in [4.78, 5) is 15.6. The predicted molar refractivity (Wildman–Crippen MR) is 72.0 cm³/mol. The Morgan fingerprint density at radius 2 is 1.95 bits per heavy atom.